The van der Waals surface area contributed by atoms with Crippen molar-refractivity contribution in [2.45, 2.75) is 40.0 Å². The Hall–Kier alpha value is -1.39. The maximum absolute atomic E-state index is 12.2. The van der Waals surface area contributed by atoms with Crippen molar-refractivity contribution >= 4 is 24.1 Å². The molecule has 0 saturated carbocycles. The number of hydrogen-bond acceptors (Lipinski definition) is 3. The molecule has 1 saturated heterocycles. The van der Waals surface area contributed by atoms with Crippen molar-refractivity contribution in [2.24, 2.45) is 11.1 Å². The highest BCUT2D eigenvalue weighted by molar-refractivity contribution is 5.98. The van der Waals surface area contributed by atoms with Crippen LogP contribution in [0.1, 0.15) is 47.7 Å². The van der Waals surface area contributed by atoms with Crippen LogP contribution in [-0.2, 0) is 4.79 Å². The Morgan fingerprint density at radius 1 is 1.22 bits per heavy atom. The summed E-state index contributed by atoms with van der Waals surface area (Å²) in [5.74, 6) is 0.103. The zero-order valence-corrected chi connectivity index (χ0v) is 15.0. The van der Waals surface area contributed by atoms with Crippen LogP contribution >= 0.6 is 12.4 Å². The van der Waals surface area contributed by atoms with Crippen LogP contribution < -0.4 is 5.73 Å². The van der Waals surface area contributed by atoms with Gasteiger partial charge in [-0.2, -0.15) is 0 Å². The molecule has 128 valence electrons. The number of hydrogen-bond donors (Lipinski definition) is 1. The van der Waals surface area contributed by atoms with Crippen molar-refractivity contribution in [3.05, 3.63) is 34.9 Å². The molecule has 1 aliphatic rings. The summed E-state index contributed by atoms with van der Waals surface area (Å²) < 4.78 is 0. The zero-order chi connectivity index (χ0) is 16.3. The molecule has 2 rings (SSSR count). The number of aryl methyl sites for hydroxylation is 2. The normalized spacial score (nSPS) is 20.3. The van der Waals surface area contributed by atoms with E-state index in [2.05, 4.69) is 6.92 Å². The van der Waals surface area contributed by atoms with E-state index in [-0.39, 0.29) is 42.4 Å². The molecule has 1 aromatic rings. The predicted octanol–water partition coefficient (Wildman–Crippen LogP) is 2.89. The molecule has 1 unspecified atom stereocenters. The van der Waals surface area contributed by atoms with E-state index < -0.39 is 0 Å². The van der Waals surface area contributed by atoms with Crippen molar-refractivity contribution in [2.75, 3.05) is 19.6 Å². The Balaban J connectivity index is 0.00000264. The topological polar surface area (TPSA) is 63.4 Å². The van der Waals surface area contributed by atoms with Gasteiger partial charge in [0.15, 0.2) is 5.78 Å². The molecule has 0 radical (unpaired) electrons. The Morgan fingerprint density at radius 2 is 1.91 bits per heavy atom. The van der Waals surface area contributed by atoms with E-state index in [9.17, 15) is 9.59 Å². The highest BCUT2D eigenvalue weighted by Crippen LogP contribution is 2.29. The molecule has 1 atom stereocenters. The van der Waals surface area contributed by atoms with Gasteiger partial charge in [-0.1, -0.05) is 19.1 Å². The van der Waals surface area contributed by atoms with Crippen molar-refractivity contribution in [3.63, 3.8) is 0 Å². The molecule has 1 heterocycles. The van der Waals surface area contributed by atoms with Crippen LogP contribution in [0.25, 0.3) is 0 Å². The maximum atomic E-state index is 12.2. The maximum Gasteiger partial charge on any atom is 0.223 e. The average molecular weight is 339 g/mol. The van der Waals surface area contributed by atoms with Crippen LogP contribution in [0.5, 0.6) is 0 Å². The Labute approximate surface area is 144 Å². The van der Waals surface area contributed by atoms with E-state index in [0.717, 1.165) is 18.5 Å². The van der Waals surface area contributed by atoms with E-state index in [1.807, 2.05) is 36.9 Å². The summed E-state index contributed by atoms with van der Waals surface area (Å²) in [7, 11) is 0. The SMILES string of the molecule is Cc1ccc(C(=O)CCC(=O)N2CCC(C)(CN)C2)cc1C.Cl. The molecule has 5 heteroatoms. The molecule has 0 bridgehead atoms. The van der Waals surface area contributed by atoms with Crippen LogP contribution in [0, 0.1) is 19.3 Å². The second-order valence-corrected chi connectivity index (χ2v) is 6.80. The lowest BCUT2D eigenvalue weighted by atomic mass is 9.90. The van der Waals surface area contributed by atoms with E-state index in [1.54, 1.807) is 0 Å². The highest BCUT2D eigenvalue weighted by atomic mass is 35.5. The van der Waals surface area contributed by atoms with Crippen LogP contribution in [0.3, 0.4) is 0 Å². The standard InChI is InChI=1S/C18H26N2O2.ClH/c1-13-4-5-15(10-14(13)2)16(21)6-7-17(22)20-9-8-18(3,11-19)12-20;/h4-5,10H,6-9,11-12,19H2,1-3H3;1H. The number of ketones is 1. The van der Waals surface area contributed by atoms with Gasteiger partial charge in [0.05, 0.1) is 0 Å². The van der Waals surface area contributed by atoms with Gasteiger partial charge in [-0.3, -0.25) is 9.59 Å². The largest absolute Gasteiger partial charge is 0.342 e. The third-order valence-electron chi connectivity index (χ3n) is 4.80. The monoisotopic (exact) mass is 338 g/mol. The third kappa shape index (κ3) is 4.79. The van der Waals surface area contributed by atoms with Crippen molar-refractivity contribution in [1.82, 2.24) is 4.90 Å². The fraction of sp³-hybridized carbons (Fsp3) is 0.556. The van der Waals surface area contributed by atoms with Gasteiger partial charge in [0.1, 0.15) is 0 Å². The molecule has 23 heavy (non-hydrogen) atoms. The third-order valence-corrected chi connectivity index (χ3v) is 4.80. The quantitative estimate of drug-likeness (QED) is 0.840. The minimum atomic E-state index is 0. The first kappa shape index (κ1) is 19.7. The molecular formula is C18H27ClN2O2. The molecule has 1 aromatic carbocycles. The Morgan fingerprint density at radius 3 is 2.48 bits per heavy atom. The van der Waals surface area contributed by atoms with Gasteiger partial charge in [-0.15, -0.1) is 12.4 Å². The fourth-order valence-corrected chi connectivity index (χ4v) is 2.84. The number of nitrogens with two attached hydrogens (primary N) is 1. The van der Waals surface area contributed by atoms with Crippen molar-refractivity contribution in [3.8, 4) is 0 Å². The van der Waals surface area contributed by atoms with Gasteiger partial charge in [0.25, 0.3) is 0 Å². The summed E-state index contributed by atoms with van der Waals surface area (Å²) in [6.07, 6.45) is 1.50. The summed E-state index contributed by atoms with van der Waals surface area (Å²) in [6, 6.07) is 5.71. The Kier molecular flexibility index (Phi) is 6.78. The van der Waals surface area contributed by atoms with Gasteiger partial charge < -0.3 is 10.6 Å². The van der Waals surface area contributed by atoms with Gasteiger partial charge in [-0.05, 0) is 49.4 Å². The minimum absolute atomic E-state index is 0. The predicted molar refractivity (Wildman–Crippen MR) is 95.1 cm³/mol. The summed E-state index contributed by atoms with van der Waals surface area (Å²) in [5.41, 5.74) is 8.78. The van der Waals surface area contributed by atoms with E-state index in [0.29, 0.717) is 18.7 Å². The number of likely N-dealkylation sites (tertiary alicyclic amines) is 1. The Bertz CT molecular complexity index is 588. The molecule has 0 aliphatic carbocycles. The molecule has 2 N–H and O–H groups in total. The van der Waals surface area contributed by atoms with E-state index in [4.69, 9.17) is 5.73 Å². The molecule has 1 fully saturated rings. The second-order valence-electron chi connectivity index (χ2n) is 6.80. The number of Topliss-reactive ketones (excluding diaryl/α,β-unsaturated/α-hetero) is 1. The van der Waals surface area contributed by atoms with Crippen molar-refractivity contribution < 1.29 is 9.59 Å². The van der Waals surface area contributed by atoms with Gasteiger partial charge in [-0.25, -0.2) is 0 Å². The number of nitrogens with zero attached hydrogens (tertiary/aromatic N) is 1. The molecular weight excluding hydrogens is 312 g/mol. The highest BCUT2D eigenvalue weighted by Gasteiger charge is 2.34. The van der Waals surface area contributed by atoms with Crippen LogP contribution in [0.2, 0.25) is 0 Å². The van der Waals surface area contributed by atoms with Gasteiger partial charge >= 0.3 is 0 Å². The second kappa shape index (κ2) is 7.93. The smallest absolute Gasteiger partial charge is 0.223 e. The fourth-order valence-electron chi connectivity index (χ4n) is 2.84. The lowest BCUT2D eigenvalue weighted by Gasteiger charge is -2.22. The summed E-state index contributed by atoms with van der Waals surface area (Å²) >= 11 is 0. The van der Waals surface area contributed by atoms with E-state index >= 15 is 0 Å². The minimum Gasteiger partial charge on any atom is -0.342 e. The first-order valence-electron chi connectivity index (χ1n) is 7.93. The van der Waals surface area contributed by atoms with Gasteiger partial charge in [0, 0.05) is 31.5 Å². The summed E-state index contributed by atoms with van der Waals surface area (Å²) in [5, 5.41) is 0. The number of carbonyl (C=O) groups excluding carboxylic acids is 2. The van der Waals surface area contributed by atoms with Crippen LogP contribution in [0.15, 0.2) is 18.2 Å². The molecule has 1 amide bonds. The van der Waals surface area contributed by atoms with Gasteiger partial charge in [0.2, 0.25) is 5.91 Å². The number of carbonyl (C=O) groups is 2. The summed E-state index contributed by atoms with van der Waals surface area (Å²) in [4.78, 5) is 26.3. The molecule has 1 aliphatic heterocycles. The van der Waals surface area contributed by atoms with Crippen LogP contribution in [-0.4, -0.2) is 36.2 Å². The number of rotatable bonds is 5. The van der Waals surface area contributed by atoms with Crippen LogP contribution in [0.4, 0.5) is 0 Å². The zero-order valence-electron chi connectivity index (χ0n) is 14.2. The summed E-state index contributed by atoms with van der Waals surface area (Å²) in [6.45, 7) is 8.19. The number of benzene rings is 1. The molecule has 0 aromatic heterocycles. The number of amides is 1. The average Bonchev–Trinajstić information content (AvgIpc) is 2.90. The first-order chi connectivity index (χ1) is 10.3. The number of halogens is 1. The van der Waals surface area contributed by atoms with E-state index in [1.165, 1.54) is 5.56 Å². The first-order valence-corrected chi connectivity index (χ1v) is 7.93. The lowest BCUT2D eigenvalue weighted by Crippen LogP contribution is -2.34. The molecule has 0 spiro atoms. The lowest BCUT2D eigenvalue weighted by molar-refractivity contribution is -0.130. The van der Waals surface area contributed by atoms with Crippen molar-refractivity contribution in [1.29, 1.82) is 0 Å². The molecule has 4 nitrogen and oxygen atoms in total.